The van der Waals surface area contributed by atoms with Crippen LogP contribution in [0.4, 0.5) is 0 Å². The lowest BCUT2D eigenvalue weighted by atomic mass is 10.1. The molecule has 33 heavy (non-hydrogen) atoms. The third-order valence-corrected chi connectivity index (χ3v) is 5.54. The number of phenolic OH excluding ortho intramolecular Hbond substituents is 2. The van der Waals surface area contributed by atoms with Crippen molar-refractivity contribution in [2.45, 2.75) is 57.8 Å². The van der Waals surface area contributed by atoms with Crippen LogP contribution in [0.3, 0.4) is 0 Å². The number of aromatic hydroxyl groups is 2. The highest BCUT2D eigenvalue weighted by atomic mass is 16.5. The molecule has 0 heterocycles. The zero-order valence-corrected chi connectivity index (χ0v) is 20.0. The van der Waals surface area contributed by atoms with Crippen molar-refractivity contribution in [1.29, 1.82) is 0 Å². The smallest absolute Gasteiger partial charge is 0.131 e. The van der Waals surface area contributed by atoms with E-state index in [4.69, 9.17) is 9.47 Å². The number of benzene rings is 2. The first-order valence-electron chi connectivity index (χ1n) is 11.9. The van der Waals surface area contributed by atoms with Crippen molar-refractivity contribution < 1.29 is 19.7 Å². The maximum absolute atomic E-state index is 9.91. The van der Waals surface area contributed by atoms with Gasteiger partial charge in [0.25, 0.3) is 0 Å². The van der Waals surface area contributed by atoms with Gasteiger partial charge in [0.1, 0.15) is 23.0 Å². The Hall–Kier alpha value is -3.02. The van der Waals surface area contributed by atoms with Crippen LogP contribution in [-0.4, -0.2) is 50.0 Å². The van der Waals surface area contributed by atoms with Crippen LogP contribution in [0.25, 0.3) is 0 Å². The van der Waals surface area contributed by atoms with E-state index in [1.807, 2.05) is 12.1 Å². The van der Waals surface area contributed by atoms with Crippen LogP contribution < -0.4 is 9.47 Å². The molecule has 2 aromatic carbocycles. The second-order valence-corrected chi connectivity index (χ2v) is 8.04. The average molecular weight is 455 g/mol. The van der Waals surface area contributed by atoms with Crippen LogP contribution in [0.15, 0.2) is 46.4 Å². The Balaban J connectivity index is 1.46. The number of hydrogen-bond acceptors (Lipinski definition) is 6. The number of nitrogens with zero attached hydrogens (tertiary/aromatic N) is 2. The van der Waals surface area contributed by atoms with Crippen molar-refractivity contribution in [2.24, 2.45) is 9.98 Å². The zero-order valence-electron chi connectivity index (χ0n) is 20.0. The fourth-order valence-corrected chi connectivity index (χ4v) is 3.64. The number of phenols is 2. The average Bonchev–Trinajstić information content (AvgIpc) is 2.82. The van der Waals surface area contributed by atoms with Gasteiger partial charge in [-0.3, -0.25) is 9.98 Å². The standard InChI is InChI=1S/C27H38N2O4/c1-32-26-16-12-14-24(30)22(26)20-28-18-10-8-6-4-3-5-7-9-11-19-29-21-23-25(31)15-13-17-27(23)33-2/h12-17,20-21,30-31H,3-11,18-19H2,1-2H3. The summed E-state index contributed by atoms with van der Waals surface area (Å²) in [4.78, 5) is 8.86. The van der Waals surface area contributed by atoms with E-state index in [0.717, 1.165) is 25.9 Å². The summed E-state index contributed by atoms with van der Waals surface area (Å²) in [6, 6.07) is 10.4. The quantitative estimate of drug-likeness (QED) is 0.235. The highest BCUT2D eigenvalue weighted by molar-refractivity contribution is 5.87. The lowest BCUT2D eigenvalue weighted by Crippen LogP contribution is -1.92. The number of aliphatic imine (C=N–C) groups is 2. The molecule has 0 aliphatic heterocycles. The highest BCUT2D eigenvalue weighted by Crippen LogP contribution is 2.26. The Kier molecular flexibility index (Phi) is 12.5. The molecule has 0 atom stereocenters. The minimum atomic E-state index is 0.195. The van der Waals surface area contributed by atoms with Gasteiger partial charge in [-0.15, -0.1) is 0 Å². The molecule has 2 N–H and O–H groups in total. The van der Waals surface area contributed by atoms with Gasteiger partial charge in [0.05, 0.1) is 25.3 Å². The molecule has 2 rings (SSSR count). The first kappa shape index (κ1) is 26.2. The van der Waals surface area contributed by atoms with Gasteiger partial charge < -0.3 is 19.7 Å². The van der Waals surface area contributed by atoms with E-state index >= 15 is 0 Å². The molecular formula is C27H38N2O4. The summed E-state index contributed by atoms with van der Waals surface area (Å²) < 4.78 is 10.5. The predicted octanol–water partition coefficient (Wildman–Crippen LogP) is 6.16. The van der Waals surface area contributed by atoms with Crippen molar-refractivity contribution in [3.05, 3.63) is 47.5 Å². The summed E-state index contributed by atoms with van der Waals surface area (Å²) in [5.41, 5.74) is 1.28. The van der Waals surface area contributed by atoms with Gasteiger partial charge in [-0.25, -0.2) is 0 Å². The molecule has 0 aliphatic rings. The minimum Gasteiger partial charge on any atom is -0.507 e. The molecule has 0 aliphatic carbocycles. The predicted molar refractivity (Wildman–Crippen MR) is 136 cm³/mol. The summed E-state index contributed by atoms with van der Waals surface area (Å²) >= 11 is 0. The summed E-state index contributed by atoms with van der Waals surface area (Å²) in [7, 11) is 3.19. The second-order valence-electron chi connectivity index (χ2n) is 8.04. The maximum atomic E-state index is 9.91. The van der Waals surface area contributed by atoms with Crippen LogP contribution in [0, 0.1) is 0 Å². The van der Waals surface area contributed by atoms with Crippen LogP contribution in [0.2, 0.25) is 0 Å². The molecule has 2 aromatic rings. The van der Waals surface area contributed by atoms with Gasteiger partial charge in [-0.2, -0.15) is 0 Å². The van der Waals surface area contributed by atoms with E-state index in [0.29, 0.717) is 22.6 Å². The first-order valence-corrected chi connectivity index (χ1v) is 11.9. The molecule has 0 fully saturated rings. The lowest BCUT2D eigenvalue weighted by Gasteiger charge is -2.06. The molecule has 6 nitrogen and oxygen atoms in total. The van der Waals surface area contributed by atoms with E-state index < -0.39 is 0 Å². The van der Waals surface area contributed by atoms with Crippen LogP contribution >= 0.6 is 0 Å². The fraction of sp³-hybridized carbons (Fsp3) is 0.481. The topological polar surface area (TPSA) is 83.6 Å². The molecule has 0 bridgehead atoms. The first-order chi connectivity index (χ1) is 16.2. The van der Waals surface area contributed by atoms with E-state index in [-0.39, 0.29) is 11.5 Å². The molecule has 0 unspecified atom stereocenters. The molecule has 0 saturated carbocycles. The van der Waals surface area contributed by atoms with Crippen molar-refractivity contribution in [1.82, 2.24) is 0 Å². The van der Waals surface area contributed by atoms with Gasteiger partial charge in [0, 0.05) is 25.5 Å². The Labute approximate surface area is 198 Å². The Morgan fingerprint density at radius 2 is 0.970 bits per heavy atom. The van der Waals surface area contributed by atoms with Crippen LogP contribution in [0.1, 0.15) is 68.9 Å². The second kappa shape index (κ2) is 15.7. The third-order valence-electron chi connectivity index (χ3n) is 5.54. The fourth-order valence-electron chi connectivity index (χ4n) is 3.64. The molecule has 0 saturated heterocycles. The maximum Gasteiger partial charge on any atom is 0.131 e. The molecule has 0 spiro atoms. The molecule has 180 valence electrons. The van der Waals surface area contributed by atoms with Gasteiger partial charge >= 0.3 is 0 Å². The van der Waals surface area contributed by atoms with Crippen molar-refractivity contribution in [3.8, 4) is 23.0 Å². The highest BCUT2D eigenvalue weighted by Gasteiger charge is 2.05. The van der Waals surface area contributed by atoms with Crippen LogP contribution in [0.5, 0.6) is 23.0 Å². The monoisotopic (exact) mass is 454 g/mol. The SMILES string of the molecule is COc1cccc(O)c1C=NCCCCCCCCCCCN=Cc1c(O)cccc1OC. The third kappa shape index (κ3) is 9.56. The number of unbranched alkanes of at least 4 members (excludes halogenated alkanes) is 8. The van der Waals surface area contributed by atoms with E-state index in [9.17, 15) is 10.2 Å². The van der Waals surface area contributed by atoms with Gasteiger partial charge in [0.2, 0.25) is 0 Å². The molecule has 0 radical (unpaired) electrons. The molecule has 0 amide bonds. The Bertz CT molecular complexity index is 809. The number of methoxy groups -OCH3 is 2. The molecule has 6 heteroatoms. The number of hydrogen-bond donors (Lipinski definition) is 2. The summed E-state index contributed by atoms with van der Waals surface area (Å²) in [5.74, 6) is 1.67. The van der Waals surface area contributed by atoms with Gasteiger partial charge in [-0.05, 0) is 37.1 Å². The van der Waals surface area contributed by atoms with Crippen molar-refractivity contribution in [2.75, 3.05) is 27.3 Å². The summed E-state index contributed by atoms with van der Waals surface area (Å²) in [5, 5.41) is 19.8. The minimum absolute atomic E-state index is 0.195. The summed E-state index contributed by atoms with van der Waals surface area (Å²) in [6.07, 6.45) is 14.2. The normalized spacial score (nSPS) is 11.5. The van der Waals surface area contributed by atoms with E-state index in [2.05, 4.69) is 9.98 Å². The van der Waals surface area contributed by atoms with Crippen molar-refractivity contribution in [3.63, 3.8) is 0 Å². The summed E-state index contributed by atoms with van der Waals surface area (Å²) in [6.45, 7) is 1.54. The number of ether oxygens (including phenoxy) is 2. The van der Waals surface area contributed by atoms with E-state index in [1.165, 1.54) is 44.9 Å². The van der Waals surface area contributed by atoms with E-state index in [1.54, 1.807) is 50.9 Å². The van der Waals surface area contributed by atoms with Gasteiger partial charge in [-0.1, -0.05) is 57.1 Å². The lowest BCUT2D eigenvalue weighted by molar-refractivity contribution is 0.406. The van der Waals surface area contributed by atoms with Gasteiger partial charge in [0.15, 0.2) is 0 Å². The number of rotatable bonds is 16. The van der Waals surface area contributed by atoms with Crippen molar-refractivity contribution >= 4 is 12.4 Å². The Morgan fingerprint density at radius 1 is 0.606 bits per heavy atom. The Morgan fingerprint density at radius 3 is 1.33 bits per heavy atom. The van der Waals surface area contributed by atoms with Crippen LogP contribution in [-0.2, 0) is 0 Å². The zero-order chi connectivity index (χ0) is 23.7. The molecular weight excluding hydrogens is 416 g/mol. The largest absolute Gasteiger partial charge is 0.507 e. The molecule has 0 aromatic heterocycles.